The fourth-order valence-electron chi connectivity index (χ4n) is 9.85. The Bertz CT molecular complexity index is 4140. The molecular weight excluding hydrogens is 874 g/mol. The number of alkyl halides is 3. The Kier molecular flexibility index (Phi) is 9.94. The van der Waals surface area contributed by atoms with E-state index in [-0.39, 0.29) is 22.3 Å². The van der Waals surface area contributed by atoms with Crippen LogP contribution in [-0.4, -0.2) is 19.1 Å². The van der Waals surface area contributed by atoms with Crippen LogP contribution in [-0.2, 0) is 6.18 Å². The van der Waals surface area contributed by atoms with Crippen molar-refractivity contribution in [2.24, 2.45) is 0 Å². The summed E-state index contributed by atoms with van der Waals surface area (Å²) in [6.07, 6.45) is -1.13. The molecule has 0 aliphatic carbocycles. The first kappa shape index (κ1) is 41.8. The Morgan fingerprint density at radius 1 is 0.386 bits per heavy atom. The molecule has 0 amide bonds. The van der Waals surface area contributed by atoms with Crippen LogP contribution in [0.1, 0.15) is 16.7 Å². The van der Waals surface area contributed by atoms with Crippen molar-refractivity contribution in [1.29, 1.82) is 10.5 Å². The zero-order chi connectivity index (χ0) is 47.5. The first-order valence-corrected chi connectivity index (χ1v) is 22.6. The Balaban J connectivity index is 1.17. The van der Waals surface area contributed by atoms with Crippen LogP contribution < -0.4 is 0 Å². The number of halogens is 3. The zero-order valence-corrected chi connectivity index (χ0v) is 37.0. The summed E-state index contributed by atoms with van der Waals surface area (Å²) < 4.78 is 48.0. The van der Waals surface area contributed by atoms with Gasteiger partial charge < -0.3 is 9.13 Å². The Morgan fingerprint density at radius 3 is 1.36 bits per heavy atom. The van der Waals surface area contributed by atoms with Gasteiger partial charge >= 0.3 is 6.18 Å². The minimum absolute atomic E-state index is 0.0961. The number of para-hydroxylation sites is 2. The summed E-state index contributed by atoms with van der Waals surface area (Å²) in [5.74, 6) is 0. The van der Waals surface area contributed by atoms with Crippen LogP contribution in [0.25, 0.3) is 111 Å². The zero-order valence-electron chi connectivity index (χ0n) is 37.0. The predicted molar refractivity (Wildman–Crippen MR) is 272 cm³/mol. The van der Waals surface area contributed by atoms with Crippen LogP contribution in [0, 0.1) is 22.7 Å². The molecule has 12 rings (SSSR count). The number of pyridine rings is 2. The second-order valence-electron chi connectivity index (χ2n) is 17.2. The van der Waals surface area contributed by atoms with E-state index in [4.69, 9.17) is 9.97 Å². The maximum atomic E-state index is 14.6. The van der Waals surface area contributed by atoms with Gasteiger partial charge in [0.2, 0.25) is 0 Å². The highest BCUT2D eigenvalue weighted by molar-refractivity contribution is 6.13. The van der Waals surface area contributed by atoms with Gasteiger partial charge in [-0.1, -0.05) is 121 Å². The second-order valence-corrected chi connectivity index (χ2v) is 17.2. The van der Waals surface area contributed by atoms with Gasteiger partial charge in [-0.3, -0.25) is 9.97 Å². The monoisotopic (exact) mass is 908 g/mol. The molecule has 0 unspecified atom stereocenters. The van der Waals surface area contributed by atoms with Crippen molar-refractivity contribution in [1.82, 2.24) is 19.1 Å². The largest absolute Gasteiger partial charge is 0.416 e. The molecule has 0 radical (unpaired) electrons. The van der Waals surface area contributed by atoms with Gasteiger partial charge in [-0.25, -0.2) is 0 Å². The van der Waals surface area contributed by atoms with E-state index >= 15 is 0 Å². The lowest BCUT2D eigenvalue weighted by molar-refractivity contribution is -0.137. The topological polar surface area (TPSA) is 83.2 Å². The normalized spacial score (nSPS) is 11.6. The van der Waals surface area contributed by atoms with Crippen LogP contribution in [0.15, 0.2) is 213 Å². The molecule has 0 bridgehead atoms. The van der Waals surface area contributed by atoms with Gasteiger partial charge in [-0.15, -0.1) is 0 Å². The number of fused-ring (bicyclic) bond motifs is 6. The average molecular weight is 909 g/mol. The van der Waals surface area contributed by atoms with Crippen molar-refractivity contribution in [2.75, 3.05) is 0 Å². The van der Waals surface area contributed by atoms with E-state index in [1.807, 2.05) is 128 Å². The summed E-state index contributed by atoms with van der Waals surface area (Å²) in [4.78, 5) is 9.38. The molecule has 4 aromatic heterocycles. The van der Waals surface area contributed by atoms with Crippen molar-refractivity contribution in [3.05, 3.63) is 229 Å². The Hall–Kier alpha value is -9.57. The molecule has 12 aromatic rings. The molecule has 4 heterocycles. The standard InChI is InChI=1S/C61H35F3N6/c62-61(63,64)47-28-38(36-65)27-45(29-47)52-35-60(70-56-18-10-8-16-49(56)51-22-20-42(33-58(51)70)44-24-26-68-54(31-44)40-13-5-2-6-14-40)59(34-46(52)37-66)69-55-17-9-7-15-48(55)50-21-19-41(32-57(50)69)43-23-25-67-53(30-43)39-11-3-1-4-12-39/h1-35H. The van der Waals surface area contributed by atoms with Crippen LogP contribution >= 0.6 is 0 Å². The Morgan fingerprint density at radius 2 is 0.857 bits per heavy atom. The molecule has 0 saturated heterocycles. The molecule has 0 aliphatic heterocycles. The maximum absolute atomic E-state index is 14.6. The van der Waals surface area contributed by atoms with Gasteiger partial charge in [0.15, 0.2) is 0 Å². The molecule has 6 nitrogen and oxygen atoms in total. The van der Waals surface area contributed by atoms with E-state index in [9.17, 15) is 23.7 Å². The fourth-order valence-corrected chi connectivity index (χ4v) is 9.85. The van der Waals surface area contributed by atoms with E-state index in [1.54, 1.807) is 12.3 Å². The molecule has 0 fully saturated rings. The molecule has 8 aromatic carbocycles. The summed E-state index contributed by atoms with van der Waals surface area (Å²) in [6.45, 7) is 0. The maximum Gasteiger partial charge on any atom is 0.416 e. The predicted octanol–water partition coefficient (Wildman–Crippen LogP) is 15.8. The van der Waals surface area contributed by atoms with Crippen molar-refractivity contribution < 1.29 is 13.2 Å². The van der Waals surface area contributed by atoms with E-state index in [0.717, 1.165) is 101 Å². The second kappa shape index (κ2) is 16.6. The number of nitrogens with zero attached hydrogens (tertiary/aromatic N) is 6. The highest BCUT2D eigenvalue weighted by Crippen LogP contribution is 2.44. The van der Waals surface area contributed by atoms with Crippen LogP contribution in [0.4, 0.5) is 13.2 Å². The highest BCUT2D eigenvalue weighted by atomic mass is 19.4. The number of nitriles is 2. The third kappa shape index (κ3) is 7.13. The minimum atomic E-state index is -4.74. The summed E-state index contributed by atoms with van der Waals surface area (Å²) in [7, 11) is 0. The molecule has 0 saturated carbocycles. The molecule has 0 atom stereocenters. The summed E-state index contributed by atoms with van der Waals surface area (Å²) in [6, 6.07) is 68.1. The number of aromatic nitrogens is 4. The van der Waals surface area contributed by atoms with E-state index in [0.29, 0.717) is 11.4 Å². The Labute approximate surface area is 399 Å². The first-order valence-electron chi connectivity index (χ1n) is 22.6. The molecule has 0 N–H and O–H groups in total. The quantitative estimate of drug-likeness (QED) is 0.159. The number of rotatable bonds is 7. The third-order valence-electron chi connectivity index (χ3n) is 13.1. The lowest BCUT2D eigenvalue weighted by atomic mass is 9.94. The molecule has 330 valence electrons. The van der Waals surface area contributed by atoms with E-state index in [2.05, 4.69) is 75.9 Å². The smallest absolute Gasteiger partial charge is 0.307 e. The molecule has 9 heteroatoms. The van der Waals surface area contributed by atoms with Crippen LogP contribution in [0.5, 0.6) is 0 Å². The SMILES string of the molecule is N#Cc1cc(-c2cc(-n3c4ccccc4c4ccc(-c5ccnc(-c6ccccc6)c5)cc43)c(-n3c4ccccc4c4ccc(-c5ccnc(-c6ccccc6)c5)cc43)cc2C#N)cc(C(F)(F)F)c1. The molecule has 0 aliphatic rings. The van der Waals surface area contributed by atoms with Gasteiger partial charge in [-0.05, 0) is 107 Å². The molecule has 70 heavy (non-hydrogen) atoms. The van der Waals surface area contributed by atoms with Crippen LogP contribution in [0.2, 0.25) is 0 Å². The van der Waals surface area contributed by atoms with Crippen molar-refractivity contribution in [3.63, 3.8) is 0 Å². The lowest BCUT2D eigenvalue weighted by Gasteiger charge is -2.20. The van der Waals surface area contributed by atoms with E-state index < -0.39 is 11.7 Å². The summed E-state index contributed by atoms with van der Waals surface area (Å²) >= 11 is 0. The fraction of sp³-hybridized carbons (Fsp3) is 0.0164. The van der Waals surface area contributed by atoms with Crippen LogP contribution in [0.3, 0.4) is 0 Å². The summed E-state index contributed by atoms with van der Waals surface area (Å²) in [5.41, 5.74) is 11.4. The van der Waals surface area contributed by atoms with Gasteiger partial charge in [0.05, 0.1) is 73.7 Å². The minimum Gasteiger partial charge on any atom is -0.307 e. The molecule has 0 spiro atoms. The highest BCUT2D eigenvalue weighted by Gasteiger charge is 2.32. The lowest BCUT2D eigenvalue weighted by Crippen LogP contribution is -2.07. The van der Waals surface area contributed by atoms with E-state index in [1.165, 1.54) is 6.07 Å². The third-order valence-corrected chi connectivity index (χ3v) is 13.1. The molecular formula is C61H35F3N6. The van der Waals surface area contributed by atoms with Crippen molar-refractivity contribution in [2.45, 2.75) is 6.18 Å². The van der Waals surface area contributed by atoms with Gasteiger partial charge in [-0.2, -0.15) is 23.7 Å². The number of hydrogen-bond acceptors (Lipinski definition) is 4. The first-order chi connectivity index (χ1) is 34.2. The van der Waals surface area contributed by atoms with Crippen molar-refractivity contribution >= 4 is 43.6 Å². The van der Waals surface area contributed by atoms with Crippen molar-refractivity contribution in [3.8, 4) is 79.4 Å². The van der Waals surface area contributed by atoms with Gasteiger partial charge in [0.1, 0.15) is 0 Å². The number of hydrogen-bond donors (Lipinski definition) is 0. The average Bonchev–Trinajstić information content (AvgIpc) is 3.92. The number of benzene rings is 8. The van der Waals surface area contributed by atoms with Gasteiger partial charge in [0.25, 0.3) is 0 Å². The summed E-state index contributed by atoms with van der Waals surface area (Å²) in [5, 5.41) is 24.9. The van der Waals surface area contributed by atoms with Gasteiger partial charge in [0, 0.05) is 50.6 Å².